The molecule has 2 rings (SSSR count). The molecule has 0 aromatic carbocycles. The highest BCUT2D eigenvalue weighted by Crippen LogP contribution is 2.29. The lowest BCUT2D eigenvalue weighted by Crippen LogP contribution is -2.17. The fourth-order valence-electron chi connectivity index (χ4n) is 2.27. The van der Waals surface area contributed by atoms with Gasteiger partial charge in [-0.05, 0) is 18.8 Å². The van der Waals surface area contributed by atoms with Crippen LogP contribution in [0, 0.1) is 5.92 Å². The maximum Gasteiger partial charge on any atom is 0.143 e. The van der Waals surface area contributed by atoms with Crippen molar-refractivity contribution in [1.29, 1.82) is 0 Å². The quantitative estimate of drug-likeness (QED) is 0.787. The third kappa shape index (κ3) is 2.83. The molecule has 94 valence electrons. The Balaban J connectivity index is 2.05. The van der Waals surface area contributed by atoms with E-state index in [4.69, 9.17) is 18.0 Å². The van der Waals surface area contributed by atoms with Crippen LogP contribution in [0.15, 0.2) is 0 Å². The zero-order valence-corrected chi connectivity index (χ0v) is 11.2. The molecule has 0 amide bonds. The number of thiocarbonyl (C=S) groups is 1. The minimum atomic E-state index is 0.364. The molecule has 1 aromatic rings. The summed E-state index contributed by atoms with van der Waals surface area (Å²) < 4.78 is 2.00. The van der Waals surface area contributed by atoms with Gasteiger partial charge >= 0.3 is 0 Å². The molecule has 4 nitrogen and oxygen atoms in total. The third-order valence-corrected chi connectivity index (χ3v) is 3.73. The first kappa shape index (κ1) is 12.5. The van der Waals surface area contributed by atoms with Gasteiger partial charge in [-0.2, -0.15) is 0 Å². The number of aryl methyl sites for hydroxylation is 1. The predicted octanol–water partition coefficient (Wildman–Crippen LogP) is 2.06. The van der Waals surface area contributed by atoms with Crippen LogP contribution in [0.4, 0.5) is 0 Å². The van der Waals surface area contributed by atoms with E-state index in [2.05, 4.69) is 17.2 Å². The highest BCUT2D eigenvalue weighted by molar-refractivity contribution is 7.80. The fraction of sp³-hybridized carbons (Fsp3) is 0.750. The maximum absolute atomic E-state index is 5.67. The Labute approximate surface area is 108 Å². The van der Waals surface area contributed by atoms with Gasteiger partial charge in [-0.1, -0.05) is 50.0 Å². The van der Waals surface area contributed by atoms with E-state index in [9.17, 15) is 0 Å². The Hall–Kier alpha value is -0.970. The van der Waals surface area contributed by atoms with Crippen LogP contribution < -0.4 is 5.73 Å². The van der Waals surface area contributed by atoms with E-state index in [1.54, 1.807) is 0 Å². The van der Waals surface area contributed by atoms with Crippen molar-refractivity contribution in [2.24, 2.45) is 11.7 Å². The Kier molecular flexibility index (Phi) is 4.10. The summed E-state index contributed by atoms with van der Waals surface area (Å²) in [7, 11) is 0. The van der Waals surface area contributed by atoms with E-state index in [0.717, 1.165) is 36.7 Å². The highest BCUT2D eigenvalue weighted by atomic mass is 32.1. The highest BCUT2D eigenvalue weighted by Gasteiger charge is 2.19. The molecule has 1 saturated carbocycles. The van der Waals surface area contributed by atoms with Gasteiger partial charge in [0, 0.05) is 6.54 Å². The third-order valence-electron chi connectivity index (χ3n) is 3.53. The van der Waals surface area contributed by atoms with Crippen LogP contribution in [-0.2, 0) is 13.0 Å². The van der Waals surface area contributed by atoms with Crippen LogP contribution in [0.25, 0.3) is 0 Å². The zero-order valence-electron chi connectivity index (χ0n) is 10.4. The maximum atomic E-state index is 5.67. The number of hydrogen-bond acceptors (Lipinski definition) is 3. The summed E-state index contributed by atoms with van der Waals surface area (Å²) in [6, 6.07) is 0. The first-order valence-corrected chi connectivity index (χ1v) is 6.85. The molecule has 0 saturated heterocycles. The SMILES string of the molecule is CCCc1c(C(N)=S)nnn1CCC1CCC1. The Morgan fingerprint density at radius 2 is 2.29 bits per heavy atom. The van der Waals surface area contributed by atoms with E-state index in [0.29, 0.717) is 4.99 Å². The first-order chi connectivity index (χ1) is 8.22. The van der Waals surface area contributed by atoms with Gasteiger partial charge < -0.3 is 5.73 Å². The van der Waals surface area contributed by atoms with Gasteiger partial charge in [0.2, 0.25) is 0 Å². The molecule has 0 radical (unpaired) electrons. The Bertz CT molecular complexity index is 395. The normalized spacial score (nSPS) is 15.8. The van der Waals surface area contributed by atoms with Crippen LogP contribution in [0.3, 0.4) is 0 Å². The number of aromatic nitrogens is 3. The van der Waals surface area contributed by atoms with Gasteiger partial charge in [0.15, 0.2) is 0 Å². The second kappa shape index (κ2) is 5.58. The van der Waals surface area contributed by atoms with E-state index in [1.807, 2.05) is 4.68 Å². The van der Waals surface area contributed by atoms with E-state index >= 15 is 0 Å². The molecule has 1 heterocycles. The molecular formula is C12H20N4S. The first-order valence-electron chi connectivity index (χ1n) is 6.44. The predicted molar refractivity (Wildman–Crippen MR) is 71.9 cm³/mol. The Morgan fingerprint density at radius 3 is 2.82 bits per heavy atom. The van der Waals surface area contributed by atoms with Crippen molar-refractivity contribution in [3.8, 4) is 0 Å². The second-order valence-electron chi connectivity index (χ2n) is 4.81. The van der Waals surface area contributed by atoms with Crippen molar-refractivity contribution < 1.29 is 0 Å². The summed E-state index contributed by atoms with van der Waals surface area (Å²) in [5.74, 6) is 0.891. The van der Waals surface area contributed by atoms with Crippen LogP contribution in [0.1, 0.15) is 50.4 Å². The van der Waals surface area contributed by atoms with E-state index < -0.39 is 0 Å². The molecule has 0 atom stereocenters. The molecule has 0 unspecified atom stereocenters. The van der Waals surface area contributed by atoms with Gasteiger partial charge in [-0.15, -0.1) is 5.10 Å². The van der Waals surface area contributed by atoms with Gasteiger partial charge in [0.05, 0.1) is 5.69 Å². The summed E-state index contributed by atoms with van der Waals surface area (Å²) in [6.45, 7) is 3.10. The van der Waals surface area contributed by atoms with Crippen molar-refractivity contribution in [1.82, 2.24) is 15.0 Å². The summed E-state index contributed by atoms with van der Waals surface area (Å²) in [5.41, 5.74) is 7.50. The lowest BCUT2D eigenvalue weighted by molar-refractivity contribution is 0.275. The standard InChI is InChI=1S/C12H20N4S/c1-2-4-10-11(12(13)17)14-15-16(10)8-7-9-5-3-6-9/h9H,2-8H2,1H3,(H2,13,17). The molecule has 1 aliphatic carbocycles. The largest absolute Gasteiger partial charge is 0.388 e. The van der Waals surface area contributed by atoms with Crippen molar-refractivity contribution in [2.45, 2.75) is 52.0 Å². The molecule has 0 aliphatic heterocycles. The van der Waals surface area contributed by atoms with Crippen molar-refractivity contribution in [3.05, 3.63) is 11.4 Å². The molecule has 2 N–H and O–H groups in total. The Morgan fingerprint density at radius 1 is 1.53 bits per heavy atom. The lowest BCUT2D eigenvalue weighted by Gasteiger charge is -2.25. The van der Waals surface area contributed by atoms with Gasteiger partial charge in [0.25, 0.3) is 0 Å². The molecule has 5 heteroatoms. The minimum absolute atomic E-state index is 0.364. The topological polar surface area (TPSA) is 56.7 Å². The average molecular weight is 252 g/mol. The molecule has 1 aliphatic rings. The fourth-order valence-corrected chi connectivity index (χ4v) is 2.43. The summed E-state index contributed by atoms with van der Waals surface area (Å²) in [6.07, 6.45) is 7.36. The second-order valence-corrected chi connectivity index (χ2v) is 5.25. The van der Waals surface area contributed by atoms with Gasteiger partial charge in [-0.3, -0.25) is 0 Å². The monoisotopic (exact) mass is 252 g/mol. The molecule has 0 bridgehead atoms. The lowest BCUT2D eigenvalue weighted by atomic mass is 9.83. The molecule has 1 aromatic heterocycles. The van der Waals surface area contributed by atoms with Crippen LogP contribution in [0.2, 0.25) is 0 Å². The molecule has 1 fully saturated rings. The summed E-state index contributed by atoms with van der Waals surface area (Å²) in [5, 5.41) is 8.29. The van der Waals surface area contributed by atoms with Crippen molar-refractivity contribution in [2.75, 3.05) is 0 Å². The van der Waals surface area contributed by atoms with E-state index in [1.165, 1.54) is 25.7 Å². The molecular weight excluding hydrogens is 232 g/mol. The van der Waals surface area contributed by atoms with Crippen LogP contribution in [-0.4, -0.2) is 20.0 Å². The number of nitrogens with two attached hydrogens (primary N) is 1. The number of rotatable bonds is 6. The molecule has 0 spiro atoms. The molecule has 17 heavy (non-hydrogen) atoms. The van der Waals surface area contributed by atoms with Crippen LogP contribution >= 0.6 is 12.2 Å². The van der Waals surface area contributed by atoms with E-state index in [-0.39, 0.29) is 0 Å². The van der Waals surface area contributed by atoms with Gasteiger partial charge in [-0.25, -0.2) is 4.68 Å². The number of hydrogen-bond donors (Lipinski definition) is 1. The van der Waals surface area contributed by atoms with Crippen molar-refractivity contribution in [3.63, 3.8) is 0 Å². The summed E-state index contributed by atoms with van der Waals surface area (Å²) >= 11 is 5.01. The minimum Gasteiger partial charge on any atom is -0.388 e. The van der Waals surface area contributed by atoms with Crippen molar-refractivity contribution >= 4 is 17.2 Å². The zero-order chi connectivity index (χ0) is 12.3. The van der Waals surface area contributed by atoms with Crippen LogP contribution in [0.5, 0.6) is 0 Å². The van der Waals surface area contributed by atoms with Gasteiger partial charge in [0.1, 0.15) is 10.7 Å². The average Bonchev–Trinajstić information content (AvgIpc) is 2.60. The summed E-state index contributed by atoms with van der Waals surface area (Å²) in [4.78, 5) is 0.364. The smallest absolute Gasteiger partial charge is 0.143 e. The number of nitrogens with zero attached hydrogens (tertiary/aromatic N) is 3.